The number of esters is 2. The van der Waals surface area contributed by atoms with Gasteiger partial charge in [0.05, 0.1) is 23.1 Å². The van der Waals surface area contributed by atoms with Gasteiger partial charge in [-0.25, -0.2) is 9.59 Å². The molecule has 2 heterocycles. The van der Waals surface area contributed by atoms with E-state index >= 15 is 0 Å². The van der Waals surface area contributed by atoms with Crippen LogP contribution in [0.25, 0.3) is 19.5 Å². The van der Waals surface area contributed by atoms with Crippen LogP contribution >= 0.6 is 22.7 Å². The highest BCUT2D eigenvalue weighted by Gasteiger charge is 2.29. The van der Waals surface area contributed by atoms with E-state index in [1.54, 1.807) is 6.92 Å². The molecule has 2 aromatic carbocycles. The van der Waals surface area contributed by atoms with Crippen molar-refractivity contribution < 1.29 is 28.6 Å². The van der Waals surface area contributed by atoms with Crippen LogP contribution in [0.5, 0.6) is 5.75 Å². The van der Waals surface area contributed by atoms with Gasteiger partial charge in [-0.2, -0.15) is 0 Å². The lowest BCUT2D eigenvalue weighted by Gasteiger charge is -2.34. The van der Waals surface area contributed by atoms with Crippen LogP contribution in [0.15, 0.2) is 48.5 Å². The van der Waals surface area contributed by atoms with Crippen molar-refractivity contribution in [2.24, 2.45) is 0 Å². The van der Waals surface area contributed by atoms with Crippen molar-refractivity contribution in [3.8, 4) is 5.75 Å². The highest BCUT2D eigenvalue weighted by Crippen LogP contribution is 2.48. The Bertz CT molecular complexity index is 1470. The summed E-state index contributed by atoms with van der Waals surface area (Å²) in [6, 6.07) is 15.6. The molecule has 0 radical (unpaired) electrons. The van der Waals surface area contributed by atoms with Crippen LogP contribution < -0.4 is 9.64 Å². The maximum Gasteiger partial charge on any atom is 0.351 e. The smallest absolute Gasteiger partial charge is 0.351 e. The zero-order chi connectivity index (χ0) is 26.6. The second kappa shape index (κ2) is 11.5. The predicted octanol–water partition coefficient (Wildman–Crippen LogP) is 6.82. The third-order valence-electron chi connectivity index (χ3n) is 6.71. The van der Waals surface area contributed by atoms with Crippen molar-refractivity contribution in [3.63, 3.8) is 0 Å². The van der Waals surface area contributed by atoms with E-state index in [1.807, 2.05) is 47.4 Å². The number of amides is 1. The van der Waals surface area contributed by atoms with Crippen LogP contribution in [0, 0.1) is 0 Å². The standard InChI is InChI=1S/C29H29NO6S2/c1-3-35-23(31)17-36-24-26-25(38-27(24)29(33)34-2)21-15-14-20(16-22(21)37-26)30(19-12-8-5-9-13-19)28(32)18-10-6-4-7-11-18/h4,6-7,10-11,14-16,19H,3,5,8-9,12-13,17H2,1-2H3. The van der Waals surface area contributed by atoms with Crippen molar-refractivity contribution in [2.75, 3.05) is 25.2 Å². The molecule has 0 saturated heterocycles. The molecule has 0 N–H and O–H groups in total. The fraction of sp³-hybridized carbons (Fsp3) is 0.345. The average Bonchev–Trinajstić information content (AvgIpc) is 3.48. The van der Waals surface area contributed by atoms with E-state index in [0.29, 0.717) is 16.2 Å². The van der Waals surface area contributed by atoms with Gasteiger partial charge in [-0.15, -0.1) is 22.7 Å². The Morgan fingerprint density at radius 3 is 2.45 bits per heavy atom. The van der Waals surface area contributed by atoms with Gasteiger partial charge < -0.3 is 19.1 Å². The van der Waals surface area contributed by atoms with Gasteiger partial charge in [0, 0.05) is 27.4 Å². The lowest BCUT2D eigenvalue weighted by Crippen LogP contribution is -2.41. The SMILES string of the molecule is CCOC(=O)COc1c(C(=O)OC)sc2c1sc1cc(N(C(=O)c3ccccc3)C3CCCCC3)ccc12. The number of fused-ring (bicyclic) bond motifs is 3. The van der Waals surface area contributed by atoms with E-state index in [4.69, 9.17) is 14.2 Å². The Labute approximate surface area is 228 Å². The summed E-state index contributed by atoms with van der Waals surface area (Å²) in [5.41, 5.74) is 1.53. The van der Waals surface area contributed by atoms with E-state index in [-0.39, 0.29) is 25.2 Å². The van der Waals surface area contributed by atoms with Crippen LogP contribution in [0.3, 0.4) is 0 Å². The van der Waals surface area contributed by atoms with E-state index < -0.39 is 11.9 Å². The zero-order valence-electron chi connectivity index (χ0n) is 21.4. The number of rotatable bonds is 8. The van der Waals surface area contributed by atoms with Gasteiger partial charge in [-0.05, 0) is 44.0 Å². The topological polar surface area (TPSA) is 82.1 Å². The van der Waals surface area contributed by atoms with Crippen LogP contribution in [-0.4, -0.2) is 44.2 Å². The van der Waals surface area contributed by atoms with Gasteiger partial charge in [0.25, 0.3) is 5.91 Å². The minimum atomic E-state index is -0.515. The van der Waals surface area contributed by atoms with Crippen molar-refractivity contribution in [2.45, 2.75) is 45.1 Å². The van der Waals surface area contributed by atoms with Crippen LogP contribution in [-0.2, 0) is 14.3 Å². The van der Waals surface area contributed by atoms with Gasteiger partial charge in [0.2, 0.25) is 0 Å². The molecule has 0 spiro atoms. The fourth-order valence-electron chi connectivity index (χ4n) is 4.96. The molecule has 1 saturated carbocycles. The number of methoxy groups -OCH3 is 1. The molecule has 5 rings (SSSR count). The highest BCUT2D eigenvalue weighted by molar-refractivity contribution is 7.34. The molecule has 9 heteroatoms. The van der Waals surface area contributed by atoms with E-state index in [1.165, 1.54) is 36.2 Å². The molecule has 1 fully saturated rings. The Kier molecular flexibility index (Phi) is 7.95. The molecule has 38 heavy (non-hydrogen) atoms. The van der Waals surface area contributed by atoms with Crippen LogP contribution in [0.1, 0.15) is 59.1 Å². The Morgan fingerprint density at radius 2 is 1.74 bits per heavy atom. The number of thiophene rings is 2. The summed E-state index contributed by atoms with van der Waals surface area (Å²) in [4.78, 5) is 40.4. The summed E-state index contributed by atoms with van der Waals surface area (Å²) < 4.78 is 18.4. The van der Waals surface area contributed by atoms with E-state index in [0.717, 1.165) is 50.9 Å². The summed E-state index contributed by atoms with van der Waals surface area (Å²) >= 11 is 2.76. The number of anilines is 1. The van der Waals surface area contributed by atoms with Crippen molar-refractivity contribution in [3.05, 3.63) is 59.0 Å². The van der Waals surface area contributed by atoms with Crippen LogP contribution in [0.4, 0.5) is 5.69 Å². The molecule has 1 aliphatic carbocycles. The third-order valence-corrected chi connectivity index (χ3v) is 9.18. The van der Waals surface area contributed by atoms with E-state index in [2.05, 4.69) is 6.07 Å². The van der Waals surface area contributed by atoms with Gasteiger partial charge in [0.1, 0.15) is 0 Å². The first-order valence-electron chi connectivity index (χ1n) is 12.8. The molecule has 2 aromatic heterocycles. The summed E-state index contributed by atoms with van der Waals surface area (Å²) in [7, 11) is 1.32. The Balaban J connectivity index is 1.57. The third kappa shape index (κ3) is 5.13. The molecule has 1 amide bonds. The average molecular weight is 552 g/mol. The molecule has 7 nitrogen and oxygen atoms in total. The lowest BCUT2D eigenvalue weighted by atomic mass is 9.93. The maximum absolute atomic E-state index is 13.7. The zero-order valence-corrected chi connectivity index (χ0v) is 23.0. The first-order valence-corrected chi connectivity index (χ1v) is 14.4. The number of hydrogen-bond donors (Lipinski definition) is 0. The molecule has 0 aliphatic heterocycles. The number of carbonyl (C=O) groups is 3. The minimum Gasteiger partial charge on any atom is -0.479 e. The van der Waals surface area contributed by atoms with Crippen LogP contribution in [0.2, 0.25) is 0 Å². The molecule has 198 valence electrons. The molecule has 0 unspecified atom stereocenters. The number of ether oxygens (including phenoxy) is 3. The lowest BCUT2D eigenvalue weighted by molar-refractivity contribution is -0.145. The second-order valence-corrected chi connectivity index (χ2v) is 11.2. The number of hydrogen-bond acceptors (Lipinski definition) is 8. The summed E-state index contributed by atoms with van der Waals surface area (Å²) in [5, 5.41) is 0.964. The van der Waals surface area contributed by atoms with Gasteiger partial charge in [-0.1, -0.05) is 43.5 Å². The number of carbonyl (C=O) groups excluding carboxylic acids is 3. The van der Waals surface area contributed by atoms with Gasteiger partial charge in [0.15, 0.2) is 17.2 Å². The van der Waals surface area contributed by atoms with Crippen molar-refractivity contribution >= 4 is 65.7 Å². The minimum absolute atomic E-state index is 0.00153. The largest absolute Gasteiger partial charge is 0.479 e. The quantitative estimate of drug-likeness (QED) is 0.223. The molecular formula is C29H29NO6S2. The fourth-order valence-corrected chi connectivity index (χ4v) is 7.57. The summed E-state index contributed by atoms with van der Waals surface area (Å²) in [5.74, 6) is -0.689. The molecule has 0 atom stereocenters. The molecule has 1 aliphatic rings. The van der Waals surface area contributed by atoms with Gasteiger partial charge in [-0.3, -0.25) is 4.79 Å². The first kappa shape index (κ1) is 26.2. The Morgan fingerprint density at radius 1 is 0.974 bits per heavy atom. The maximum atomic E-state index is 13.7. The monoisotopic (exact) mass is 551 g/mol. The highest BCUT2D eigenvalue weighted by atomic mass is 32.1. The second-order valence-electron chi connectivity index (χ2n) is 9.12. The number of nitrogens with zero attached hydrogens (tertiary/aromatic N) is 1. The molecule has 4 aromatic rings. The van der Waals surface area contributed by atoms with E-state index in [9.17, 15) is 14.4 Å². The predicted molar refractivity (Wildman–Crippen MR) is 151 cm³/mol. The summed E-state index contributed by atoms with van der Waals surface area (Å²) in [6.07, 6.45) is 5.37. The van der Waals surface area contributed by atoms with Crippen molar-refractivity contribution in [1.29, 1.82) is 0 Å². The molecular weight excluding hydrogens is 522 g/mol. The molecule has 0 bridgehead atoms. The van der Waals surface area contributed by atoms with Crippen molar-refractivity contribution in [1.82, 2.24) is 0 Å². The number of benzene rings is 2. The normalized spacial score (nSPS) is 13.9. The summed E-state index contributed by atoms with van der Waals surface area (Å²) in [6.45, 7) is 1.67. The van der Waals surface area contributed by atoms with Gasteiger partial charge >= 0.3 is 11.9 Å². The Hall–Kier alpha value is -3.43. The first-order chi connectivity index (χ1) is 18.5.